The molecule has 1 aromatic carbocycles. The van der Waals surface area contributed by atoms with E-state index in [-0.39, 0.29) is 15.6 Å². The van der Waals surface area contributed by atoms with Gasteiger partial charge in [-0.2, -0.15) is 0 Å². The van der Waals surface area contributed by atoms with E-state index in [0.717, 1.165) is 22.9 Å². The number of hydrogen-bond donors (Lipinski definition) is 1. The number of nitro benzene ring substituents is 1. The molecule has 0 aromatic heterocycles. The first-order valence-corrected chi connectivity index (χ1v) is 10.4. The highest BCUT2D eigenvalue weighted by atomic mass is 79.9. The van der Waals surface area contributed by atoms with E-state index in [1.54, 1.807) is 6.07 Å². The van der Waals surface area contributed by atoms with Crippen LogP contribution in [0.3, 0.4) is 0 Å². The molecule has 0 spiro atoms. The van der Waals surface area contributed by atoms with Gasteiger partial charge in [0.15, 0.2) is 8.32 Å². The molecule has 0 unspecified atom stereocenters. The second-order valence-corrected chi connectivity index (χ2v) is 11.7. The van der Waals surface area contributed by atoms with Gasteiger partial charge in [-0.15, -0.1) is 0 Å². The Hall–Kier alpha value is -0.723. The van der Waals surface area contributed by atoms with Gasteiger partial charge in [0.1, 0.15) is 0 Å². The predicted molar refractivity (Wildman–Crippen MR) is 87.5 cm³/mol. The average molecular weight is 360 g/mol. The summed E-state index contributed by atoms with van der Waals surface area (Å²) in [7, 11) is -2.21. The number of hydrogen-bond acceptors (Lipinski definition) is 3. The number of aryl methyl sites for hydroxylation is 1. The summed E-state index contributed by atoms with van der Waals surface area (Å²) in [6, 6.07) is 5.04. The Balaban J connectivity index is 2.76. The molecule has 0 fully saturated rings. The van der Waals surface area contributed by atoms with Gasteiger partial charge in [-0.1, -0.05) is 29.8 Å². The molecule has 112 valence electrons. The van der Waals surface area contributed by atoms with E-state index in [9.17, 15) is 14.9 Å². The first-order chi connectivity index (χ1) is 9.04. The van der Waals surface area contributed by atoms with Crippen molar-refractivity contribution in [2.75, 3.05) is 0 Å². The van der Waals surface area contributed by atoms with Gasteiger partial charge >= 0.3 is 0 Å². The molecule has 0 aliphatic carbocycles. The maximum Gasteiger partial charge on any atom is 0.272 e. The summed E-state index contributed by atoms with van der Waals surface area (Å²) in [5.41, 5.74) is 0.920. The van der Waals surface area contributed by atoms with Crippen LogP contribution in [0.5, 0.6) is 0 Å². The summed E-state index contributed by atoms with van der Waals surface area (Å²) in [6.07, 6.45) is 2.36. The number of benzene rings is 1. The molecular formula is C14H22BrNO3Si. The standard InChI is InChI=1S/C14H22BrNO3Si/c1-14(2,20(3,4)19)9-5-6-11-10-12(15)7-8-13(11)16(17)18/h7-8,10,19H,5-6,9H2,1-4H3. The maximum absolute atomic E-state index is 11.0. The highest BCUT2D eigenvalue weighted by Crippen LogP contribution is 2.40. The van der Waals surface area contributed by atoms with Crippen molar-refractivity contribution >= 4 is 29.9 Å². The maximum atomic E-state index is 11.0. The summed E-state index contributed by atoms with van der Waals surface area (Å²) in [4.78, 5) is 20.9. The third-order valence-corrected chi connectivity index (χ3v) is 8.20. The molecule has 20 heavy (non-hydrogen) atoms. The molecule has 1 rings (SSSR count). The minimum Gasteiger partial charge on any atom is -0.432 e. The highest BCUT2D eigenvalue weighted by Gasteiger charge is 2.37. The minimum atomic E-state index is -2.21. The fourth-order valence-electron chi connectivity index (χ4n) is 1.96. The Morgan fingerprint density at radius 3 is 2.50 bits per heavy atom. The van der Waals surface area contributed by atoms with Crippen molar-refractivity contribution < 1.29 is 9.72 Å². The van der Waals surface area contributed by atoms with Gasteiger partial charge in [0, 0.05) is 16.1 Å². The zero-order valence-corrected chi connectivity index (χ0v) is 15.0. The summed E-state index contributed by atoms with van der Waals surface area (Å²) < 4.78 is 0.856. The average Bonchev–Trinajstić information content (AvgIpc) is 2.26. The largest absolute Gasteiger partial charge is 0.432 e. The van der Waals surface area contributed by atoms with Crippen LogP contribution in [0, 0.1) is 10.1 Å². The van der Waals surface area contributed by atoms with Gasteiger partial charge in [-0.05, 0) is 49.5 Å². The Labute approximate surface area is 129 Å². The van der Waals surface area contributed by atoms with E-state index in [0.29, 0.717) is 6.42 Å². The lowest BCUT2D eigenvalue weighted by atomic mass is 10.0. The molecule has 0 radical (unpaired) electrons. The zero-order valence-electron chi connectivity index (χ0n) is 12.4. The molecule has 0 aliphatic heterocycles. The van der Waals surface area contributed by atoms with Gasteiger partial charge in [-0.3, -0.25) is 10.1 Å². The van der Waals surface area contributed by atoms with E-state index in [1.807, 2.05) is 19.2 Å². The number of nitrogens with zero attached hydrogens (tertiary/aromatic N) is 1. The van der Waals surface area contributed by atoms with Crippen molar-refractivity contribution in [1.82, 2.24) is 0 Å². The lowest BCUT2D eigenvalue weighted by Crippen LogP contribution is -2.38. The molecule has 4 nitrogen and oxygen atoms in total. The van der Waals surface area contributed by atoms with Crippen molar-refractivity contribution in [3.05, 3.63) is 38.3 Å². The van der Waals surface area contributed by atoms with E-state index >= 15 is 0 Å². The van der Waals surface area contributed by atoms with Crippen LogP contribution in [-0.2, 0) is 6.42 Å². The minimum absolute atomic E-state index is 0.0895. The van der Waals surface area contributed by atoms with Crippen molar-refractivity contribution in [3.8, 4) is 0 Å². The van der Waals surface area contributed by atoms with Gasteiger partial charge < -0.3 is 4.80 Å². The third kappa shape index (κ3) is 4.39. The summed E-state index contributed by atoms with van der Waals surface area (Å²) in [6.45, 7) is 8.03. The first-order valence-electron chi connectivity index (χ1n) is 6.70. The van der Waals surface area contributed by atoms with Crippen molar-refractivity contribution in [2.24, 2.45) is 0 Å². The normalized spacial score (nSPS) is 12.5. The van der Waals surface area contributed by atoms with Crippen molar-refractivity contribution in [3.63, 3.8) is 0 Å². The van der Waals surface area contributed by atoms with Crippen LogP contribution < -0.4 is 0 Å². The Bertz CT molecular complexity index is 498. The molecule has 0 atom stereocenters. The Morgan fingerprint density at radius 1 is 1.40 bits per heavy atom. The third-order valence-electron chi connectivity index (χ3n) is 4.14. The Kier molecular flexibility index (Phi) is 5.51. The summed E-state index contributed by atoms with van der Waals surface area (Å²) >= 11 is 3.35. The zero-order chi connectivity index (χ0) is 15.6. The SMILES string of the molecule is CC(C)(CCCc1cc(Br)ccc1[N+](=O)[O-])[Si](C)(C)O. The Morgan fingerprint density at radius 2 is 2.00 bits per heavy atom. The fraction of sp³-hybridized carbons (Fsp3) is 0.571. The number of halogens is 1. The van der Waals surface area contributed by atoms with Crippen LogP contribution >= 0.6 is 15.9 Å². The van der Waals surface area contributed by atoms with Crippen LogP contribution in [0.1, 0.15) is 32.3 Å². The van der Waals surface area contributed by atoms with Crippen LogP contribution in [0.2, 0.25) is 18.1 Å². The molecule has 6 heteroatoms. The molecule has 0 aliphatic rings. The second-order valence-electron chi connectivity index (χ2n) is 6.33. The molecule has 0 saturated carbocycles. The van der Waals surface area contributed by atoms with Crippen molar-refractivity contribution in [2.45, 2.75) is 51.2 Å². The fourth-order valence-corrected chi connectivity index (χ4v) is 3.16. The van der Waals surface area contributed by atoms with E-state index < -0.39 is 8.32 Å². The molecule has 0 heterocycles. The van der Waals surface area contributed by atoms with Gasteiger partial charge in [0.25, 0.3) is 5.69 Å². The monoisotopic (exact) mass is 359 g/mol. The predicted octanol–water partition coefficient (Wildman–Crippen LogP) is 4.66. The van der Waals surface area contributed by atoms with E-state index in [1.165, 1.54) is 6.07 Å². The molecule has 1 aromatic rings. The molecule has 0 bridgehead atoms. The summed E-state index contributed by atoms with van der Waals surface area (Å²) in [5.74, 6) is 0. The van der Waals surface area contributed by atoms with Gasteiger partial charge in [0.05, 0.1) is 4.92 Å². The van der Waals surface area contributed by atoms with E-state index in [2.05, 4.69) is 29.8 Å². The topological polar surface area (TPSA) is 63.4 Å². The highest BCUT2D eigenvalue weighted by molar-refractivity contribution is 9.10. The smallest absolute Gasteiger partial charge is 0.272 e. The molecule has 0 saturated heterocycles. The molecule has 1 N–H and O–H groups in total. The van der Waals surface area contributed by atoms with Crippen molar-refractivity contribution in [1.29, 1.82) is 0 Å². The summed E-state index contributed by atoms with van der Waals surface area (Å²) in [5, 5.41) is 10.9. The first kappa shape index (κ1) is 17.3. The van der Waals surface area contributed by atoms with E-state index in [4.69, 9.17) is 0 Å². The lowest BCUT2D eigenvalue weighted by molar-refractivity contribution is -0.385. The van der Waals surface area contributed by atoms with Gasteiger partial charge in [-0.25, -0.2) is 0 Å². The van der Waals surface area contributed by atoms with Crippen LogP contribution in [0.25, 0.3) is 0 Å². The van der Waals surface area contributed by atoms with Gasteiger partial charge in [0.2, 0.25) is 0 Å². The van der Waals surface area contributed by atoms with Crippen LogP contribution in [-0.4, -0.2) is 18.0 Å². The number of rotatable bonds is 6. The second kappa shape index (κ2) is 6.36. The van der Waals surface area contributed by atoms with Crippen LogP contribution in [0.15, 0.2) is 22.7 Å². The lowest BCUT2D eigenvalue weighted by Gasteiger charge is -2.35. The van der Waals surface area contributed by atoms with Crippen LogP contribution in [0.4, 0.5) is 5.69 Å². The molecule has 0 amide bonds. The quantitative estimate of drug-likeness (QED) is 0.456. The number of nitro groups is 1. The molecular weight excluding hydrogens is 338 g/mol.